The van der Waals surface area contributed by atoms with Crippen molar-refractivity contribution in [1.82, 2.24) is 4.98 Å². The summed E-state index contributed by atoms with van der Waals surface area (Å²) in [5.41, 5.74) is 4.08. The summed E-state index contributed by atoms with van der Waals surface area (Å²) in [5, 5.41) is 13.2. The van der Waals surface area contributed by atoms with E-state index in [4.69, 9.17) is 5.26 Å². The molecule has 0 saturated heterocycles. The van der Waals surface area contributed by atoms with Crippen molar-refractivity contribution in [3.8, 4) is 6.07 Å². The van der Waals surface area contributed by atoms with E-state index in [-0.39, 0.29) is 11.9 Å². The molecule has 0 bridgehead atoms. The van der Waals surface area contributed by atoms with Crippen LogP contribution in [0.5, 0.6) is 0 Å². The number of hydrogen-bond donors (Lipinski definition) is 1. The lowest BCUT2D eigenvalue weighted by Gasteiger charge is -2.18. The third kappa shape index (κ3) is 3.14. The summed E-state index contributed by atoms with van der Waals surface area (Å²) < 4.78 is 13.6. The third-order valence-electron chi connectivity index (χ3n) is 3.79. The van der Waals surface area contributed by atoms with Crippen LogP contribution in [0.15, 0.2) is 48.5 Å². The lowest BCUT2D eigenvalue weighted by atomic mass is 10.0. The SMILES string of the molecule is Cc1cc(NC(C)c2cccc(C#N)c2)c2cc(F)ccc2n1. The molecule has 1 unspecified atom stereocenters. The van der Waals surface area contributed by atoms with Crippen molar-refractivity contribution in [3.05, 3.63) is 71.2 Å². The normalized spacial score (nSPS) is 11.9. The van der Waals surface area contributed by atoms with Crippen LogP contribution in [0.3, 0.4) is 0 Å². The van der Waals surface area contributed by atoms with Gasteiger partial charge >= 0.3 is 0 Å². The van der Waals surface area contributed by atoms with Crippen LogP contribution in [-0.4, -0.2) is 4.98 Å². The van der Waals surface area contributed by atoms with Crippen LogP contribution in [0.1, 0.15) is 29.8 Å². The number of nitriles is 1. The van der Waals surface area contributed by atoms with Crippen LogP contribution >= 0.6 is 0 Å². The van der Waals surface area contributed by atoms with Gasteiger partial charge < -0.3 is 5.32 Å². The largest absolute Gasteiger partial charge is 0.378 e. The van der Waals surface area contributed by atoms with Crippen LogP contribution in [0, 0.1) is 24.1 Å². The van der Waals surface area contributed by atoms with E-state index in [2.05, 4.69) is 16.4 Å². The molecule has 114 valence electrons. The fraction of sp³-hybridized carbons (Fsp3) is 0.158. The molecule has 0 aliphatic rings. The van der Waals surface area contributed by atoms with E-state index < -0.39 is 0 Å². The molecule has 3 rings (SSSR count). The molecule has 2 aromatic carbocycles. The van der Waals surface area contributed by atoms with E-state index in [0.717, 1.165) is 27.8 Å². The van der Waals surface area contributed by atoms with Crippen LogP contribution in [0.2, 0.25) is 0 Å². The Morgan fingerprint density at radius 2 is 2.00 bits per heavy atom. The van der Waals surface area contributed by atoms with Gasteiger partial charge in [-0.15, -0.1) is 0 Å². The molecule has 1 aromatic heterocycles. The van der Waals surface area contributed by atoms with E-state index >= 15 is 0 Å². The second-order valence-corrected chi connectivity index (χ2v) is 5.58. The standard InChI is InChI=1S/C19H16FN3/c1-12-8-19(17-10-16(20)6-7-18(17)22-12)23-13(2)15-5-3-4-14(9-15)11-21/h3-10,13H,1-2H3,(H,22,23). The van der Waals surface area contributed by atoms with E-state index in [9.17, 15) is 4.39 Å². The fourth-order valence-corrected chi connectivity index (χ4v) is 2.64. The molecule has 4 heteroatoms. The summed E-state index contributed by atoms with van der Waals surface area (Å²) in [5.74, 6) is -0.287. The molecule has 0 aliphatic heterocycles. The maximum absolute atomic E-state index is 13.6. The zero-order chi connectivity index (χ0) is 16.4. The van der Waals surface area contributed by atoms with Gasteiger partial charge in [-0.3, -0.25) is 4.98 Å². The Kier molecular flexibility index (Phi) is 3.94. The minimum atomic E-state index is -0.287. The van der Waals surface area contributed by atoms with Gasteiger partial charge in [-0.1, -0.05) is 12.1 Å². The van der Waals surface area contributed by atoms with Crippen molar-refractivity contribution in [3.63, 3.8) is 0 Å². The summed E-state index contributed by atoms with van der Waals surface area (Å²) in [6.07, 6.45) is 0. The quantitative estimate of drug-likeness (QED) is 0.761. The fourth-order valence-electron chi connectivity index (χ4n) is 2.64. The van der Waals surface area contributed by atoms with Gasteiger partial charge in [0, 0.05) is 22.8 Å². The van der Waals surface area contributed by atoms with Crippen molar-refractivity contribution in [2.24, 2.45) is 0 Å². The van der Waals surface area contributed by atoms with Gasteiger partial charge in [0.25, 0.3) is 0 Å². The number of nitrogens with one attached hydrogen (secondary N) is 1. The Balaban J connectivity index is 2.00. The van der Waals surface area contributed by atoms with Crippen molar-refractivity contribution < 1.29 is 4.39 Å². The molecule has 0 fully saturated rings. The van der Waals surface area contributed by atoms with Gasteiger partial charge in [0.15, 0.2) is 0 Å². The molecule has 0 radical (unpaired) electrons. The topological polar surface area (TPSA) is 48.7 Å². The average Bonchev–Trinajstić information content (AvgIpc) is 2.55. The Hall–Kier alpha value is -2.93. The molecule has 3 aromatic rings. The third-order valence-corrected chi connectivity index (χ3v) is 3.79. The van der Waals surface area contributed by atoms with Gasteiger partial charge in [-0.25, -0.2) is 4.39 Å². The van der Waals surface area contributed by atoms with E-state index in [1.54, 1.807) is 12.1 Å². The van der Waals surface area contributed by atoms with Gasteiger partial charge in [-0.2, -0.15) is 5.26 Å². The van der Waals surface area contributed by atoms with Crippen LogP contribution in [0.25, 0.3) is 10.9 Å². The Morgan fingerprint density at radius 1 is 1.17 bits per heavy atom. The molecule has 1 atom stereocenters. The lowest BCUT2D eigenvalue weighted by Crippen LogP contribution is -2.08. The summed E-state index contributed by atoms with van der Waals surface area (Å²) in [7, 11) is 0. The predicted molar refractivity (Wildman–Crippen MR) is 89.6 cm³/mol. The maximum Gasteiger partial charge on any atom is 0.124 e. The number of anilines is 1. The monoisotopic (exact) mass is 305 g/mol. The molecule has 0 aliphatic carbocycles. The number of aromatic nitrogens is 1. The first kappa shape index (κ1) is 15.0. The number of aryl methyl sites for hydroxylation is 1. The maximum atomic E-state index is 13.6. The van der Waals surface area contributed by atoms with Crippen LogP contribution in [-0.2, 0) is 0 Å². The smallest absolute Gasteiger partial charge is 0.124 e. The number of benzene rings is 2. The van der Waals surface area contributed by atoms with Gasteiger partial charge in [0.2, 0.25) is 0 Å². The van der Waals surface area contributed by atoms with Crippen LogP contribution < -0.4 is 5.32 Å². The first-order chi connectivity index (χ1) is 11.1. The summed E-state index contributed by atoms with van der Waals surface area (Å²) >= 11 is 0. The van der Waals surface area contributed by atoms with E-state index in [0.29, 0.717) is 5.56 Å². The first-order valence-corrected chi connectivity index (χ1v) is 7.40. The number of pyridine rings is 1. The first-order valence-electron chi connectivity index (χ1n) is 7.40. The number of fused-ring (bicyclic) bond motifs is 1. The molecule has 23 heavy (non-hydrogen) atoms. The van der Waals surface area contributed by atoms with Gasteiger partial charge in [0.05, 0.1) is 17.1 Å². The van der Waals surface area contributed by atoms with E-state index in [1.165, 1.54) is 12.1 Å². The second-order valence-electron chi connectivity index (χ2n) is 5.58. The minimum Gasteiger partial charge on any atom is -0.378 e. The van der Waals surface area contributed by atoms with Crippen molar-refractivity contribution >= 4 is 16.6 Å². The van der Waals surface area contributed by atoms with Gasteiger partial charge in [-0.05, 0) is 55.8 Å². The van der Waals surface area contributed by atoms with Crippen molar-refractivity contribution in [2.45, 2.75) is 19.9 Å². The lowest BCUT2D eigenvalue weighted by molar-refractivity contribution is 0.629. The highest BCUT2D eigenvalue weighted by molar-refractivity contribution is 5.91. The zero-order valence-electron chi connectivity index (χ0n) is 13.0. The molecular formula is C19H16FN3. The number of halogens is 1. The minimum absolute atomic E-state index is 0.0171. The Morgan fingerprint density at radius 3 is 2.78 bits per heavy atom. The highest BCUT2D eigenvalue weighted by atomic mass is 19.1. The molecule has 0 spiro atoms. The van der Waals surface area contributed by atoms with Crippen molar-refractivity contribution in [1.29, 1.82) is 5.26 Å². The summed E-state index contributed by atoms with van der Waals surface area (Å²) in [6.45, 7) is 3.92. The molecular weight excluding hydrogens is 289 g/mol. The number of hydrogen-bond acceptors (Lipinski definition) is 3. The van der Waals surface area contributed by atoms with Crippen molar-refractivity contribution in [2.75, 3.05) is 5.32 Å². The van der Waals surface area contributed by atoms with E-state index in [1.807, 2.05) is 38.1 Å². The molecule has 1 N–H and O–H groups in total. The molecule has 1 heterocycles. The summed E-state index contributed by atoms with van der Waals surface area (Å²) in [4.78, 5) is 4.44. The van der Waals surface area contributed by atoms with Gasteiger partial charge in [0.1, 0.15) is 5.82 Å². The Labute approximate surface area is 134 Å². The Bertz CT molecular complexity index is 912. The molecule has 3 nitrogen and oxygen atoms in total. The number of nitrogens with zero attached hydrogens (tertiary/aromatic N) is 2. The summed E-state index contributed by atoms with van der Waals surface area (Å²) in [6, 6.07) is 16.1. The predicted octanol–water partition coefficient (Wildman–Crippen LogP) is 4.73. The highest BCUT2D eigenvalue weighted by Gasteiger charge is 2.10. The highest BCUT2D eigenvalue weighted by Crippen LogP contribution is 2.28. The molecule has 0 amide bonds. The molecule has 0 saturated carbocycles. The van der Waals surface area contributed by atoms with Crippen LogP contribution in [0.4, 0.5) is 10.1 Å². The average molecular weight is 305 g/mol. The number of rotatable bonds is 3. The zero-order valence-corrected chi connectivity index (χ0v) is 13.0. The second kappa shape index (κ2) is 6.05.